The molecule has 0 aromatic carbocycles. The molecule has 0 atom stereocenters. The zero-order valence-corrected chi connectivity index (χ0v) is 9.38. The Labute approximate surface area is 87.5 Å². The summed E-state index contributed by atoms with van der Waals surface area (Å²) in [6, 6.07) is 0. The molecule has 0 aromatic heterocycles. The lowest BCUT2D eigenvalue weighted by Gasteiger charge is -2.19. The second-order valence-electron chi connectivity index (χ2n) is 3.01. The topological polar surface area (TPSA) is 26.3 Å². The van der Waals surface area contributed by atoms with Crippen molar-refractivity contribution in [1.82, 2.24) is 0 Å². The molecule has 74 valence electrons. The van der Waals surface area contributed by atoms with Crippen molar-refractivity contribution in [1.29, 1.82) is 0 Å². The minimum absolute atomic E-state index is 0.0839. The lowest BCUT2D eigenvalue weighted by atomic mass is 10.4. The number of thioether (sulfide) groups is 2. The van der Waals surface area contributed by atoms with Crippen molar-refractivity contribution in [3.8, 4) is 0 Å². The molecule has 13 heavy (non-hydrogen) atoms. The standard InChI is InChI=1S/C9H14O2S2/c1-7-3-12-5-9(6-13-4-7)11-8(2)10/h9H,1,3-6H2,2H3. The highest BCUT2D eigenvalue weighted by atomic mass is 32.2. The molecule has 0 radical (unpaired) electrons. The van der Waals surface area contributed by atoms with Crippen LogP contribution < -0.4 is 0 Å². The predicted octanol–water partition coefficient (Wildman–Crippen LogP) is 1.95. The van der Waals surface area contributed by atoms with E-state index in [-0.39, 0.29) is 12.1 Å². The highest BCUT2D eigenvalue weighted by Crippen LogP contribution is 2.20. The van der Waals surface area contributed by atoms with E-state index in [0.717, 1.165) is 23.0 Å². The normalized spacial score (nSPS) is 20.5. The van der Waals surface area contributed by atoms with Crippen molar-refractivity contribution < 1.29 is 9.53 Å². The fourth-order valence-corrected chi connectivity index (χ4v) is 3.26. The maximum atomic E-state index is 10.7. The van der Waals surface area contributed by atoms with Crippen LogP contribution in [0.2, 0.25) is 0 Å². The molecule has 0 amide bonds. The first kappa shape index (κ1) is 11.0. The molecule has 0 bridgehead atoms. The van der Waals surface area contributed by atoms with Crippen molar-refractivity contribution in [3.05, 3.63) is 12.2 Å². The maximum absolute atomic E-state index is 10.7. The molecule has 1 aliphatic heterocycles. The minimum Gasteiger partial charge on any atom is -0.461 e. The number of rotatable bonds is 1. The van der Waals surface area contributed by atoms with E-state index in [0.29, 0.717) is 0 Å². The lowest BCUT2D eigenvalue weighted by molar-refractivity contribution is -0.144. The molecule has 1 saturated heterocycles. The zero-order valence-electron chi connectivity index (χ0n) is 7.75. The van der Waals surface area contributed by atoms with Crippen LogP contribution in [0.3, 0.4) is 0 Å². The molecule has 0 N–H and O–H groups in total. The van der Waals surface area contributed by atoms with Gasteiger partial charge in [0.05, 0.1) is 0 Å². The van der Waals surface area contributed by atoms with Gasteiger partial charge in [0, 0.05) is 29.9 Å². The van der Waals surface area contributed by atoms with Crippen molar-refractivity contribution in [2.24, 2.45) is 0 Å². The fraction of sp³-hybridized carbons (Fsp3) is 0.667. The van der Waals surface area contributed by atoms with Gasteiger partial charge in [-0.15, -0.1) is 0 Å². The highest BCUT2D eigenvalue weighted by Gasteiger charge is 2.15. The van der Waals surface area contributed by atoms with Gasteiger partial charge < -0.3 is 4.74 Å². The van der Waals surface area contributed by atoms with Gasteiger partial charge in [-0.3, -0.25) is 4.79 Å². The summed E-state index contributed by atoms with van der Waals surface area (Å²) in [6.45, 7) is 5.42. The summed E-state index contributed by atoms with van der Waals surface area (Å²) in [4.78, 5) is 10.7. The van der Waals surface area contributed by atoms with Gasteiger partial charge in [-0.25, -0.2) is 0 Å². The summed E-state index contributed by atoms with van der Waals surface area (Å²) in [5, 5.41) is 0. The summed E-state index contributed by atoms with van der Waals surface area (Å²) in [5.74, 6) is 3.60. The van der Waals surface area contributed by atoms with Crippen molar-refractivity contribution in [2.75, 3.05) is 23.0 Å². The second kappa shape index (κ2) is 5.60. The number of ether oxygens (including phenoxy) is 1. The van der Waals surface area contributed by atoms with Crippen LogP contribution in [-0.4, -0.2) is 35.1 Å². The third-order valence-corrected chi connectivity index (χ3v) is 3.99. The van der Waals surface area contributed by atoms with Crippen molar-refractivity contribution >= 4 is 29.5 Å². The lowest BCUT2D eigenvalue weighted by Crippen LogP contribution is -2.23. The SMILES string of the molecule is C=C1CSCC(OC(C)=O)CSC1. The molecule has 2 nitrogen and oxygen atoms in total. The van der Waals surface area contributed by atoms with Gasteiger partial charge in [0.1, 0.15) is 6.10 Å². The smallest absolute Gasteiger partial charge is 0.302 e. The van der Waals surface area contributed by atoms with E-state index >= 15 is 0 Å². The molecule has 0 saturated carbocycles. The summed E-state index contributed by atoms with van der Waals surface area (Å²) in [5.41, 5.74) is 1.27. The Balaban J connectivity index is 2.32. The molecule has 1 heterocycles. The Morgan fingerprint density at radius 3 is 2.46 bits per heavy atom. The van der Waals surface area contributed by atoms with Crippen LogP contribution in [0.5, 0.6) is 0 Å². The third-order valence-electron chi connectivity index (χ3n) is 1.55. The van der Waals surface area contributed by atoms with Crippen LogP contribution in [-0.2, 0) is 9.53 Å². The van der Waals surface area contributed by atoms with Crippen LogP contribution in [0.15, 0.2) is 12.2 Å². The van der Waals surface area contributed by atoms with E-state index in [1.54, 1.807) is 23.5 Å². The van der Waals surface area contributed by atoms with Crippen LogP contribution >= 0.6 is 23.5 Å². The van der Waals surface area contributed by atoms with E-state index < -0.39 is 0 Å². The van der Waals surface area contributed by atoms with E-state index in [1.165, 1.54) is 12.5 Å². The Hall–Kier alpha value is -0.0900. The van der Waals surface area contributed by atoms with E-state index in [2.05, 4.69) is 6.58 Å². The van der Waals surface area contributed by atoms with Crippen LogP contribution in [0.25, 0.3) is 0 Å². The Morgan fingerprint density at radius 2 is 2.00 bits per heavy atom. The monoisotopic (exact) mass is 218 g/mol. The van der Waals surface area contributed by atoms with E-state index in [9.17, 15) is 4.79 Å². The van der Waals surface area contributed by atoms with Gasteiger partial charge in [0.2, 0.25) is 0 Å². The zero-order chi connectivity index (χ0) is 9.68. The Morgan fingerprint density at radius 1 is 1.46 bits per heavy atom. The average Bonchev–Trinajstić information content (AvgIpc) is 1.99. The van der Waals surface area contributed by atoms with Gasteiger partial charge in [-0.2, -0.15) is 23.5 Å². The van der Waals surface area contributed by atoms with Gasteiger partial charge in [0.15, 0.2) is 0 Å². The quantitative estimate of drug-likeness (QED) is 0.496. The van der Waals surface area contributed by atoms with Crippen molar-refractivity contribution in [2.45, 2.75) is 13.0 Å². The van der Waals surface area contributed by atoms with E-state index in [4.69, 9.17) is 4.74 Å². The Kier molecular flexibility index (Phi) is 4.73. The van der Waals surface area contributed by atoms with Gasteiger partial charge in [-0.05, 0) is 0 Å². The second-order valence-corrected chi connectivity index (χ2v) is 5.07. The summed E-state index contributed by atoms with van der Waals surface area (Å²) in [7, 11) is 0. The van der Waals surface area contributed by atoms with Gasteiger partial charge in [0.25, 0.3) is 0 Å². The summed E-state index contributed by atoms with van der Waals surface area (Å²) in [6.07, 6.45) is 0.0839. The molecule has 0 aliphatic carbocycles. The van der Waals surface area contributed by atoms with Crippen LogP contribution in [0, 0.1) is 0 Å². The number of esters is 1. The molecular formula is C9H14O2S2. The average molecular weight is 218 g/mol. The fourth-order valence-electron chi connectivity index (χ4n) is 1.06. The molecule has 1 aliphatic rings. The molecular weight excluding hydrogens is 204 g/mol. The summed E-state index contributed by atoms with van der Waals surface area (Å²) >= 11 is 3.59. The first-order chi connectivity index (χ1) is 6.18. The largest absolute Gasteiger partial charge is 0.461 e. The third kappa shape index (κ3) is 4.62. The number of hydrogen-bond donors (Lipinski definition) is 0. The number of carbonyl (C=O) groups is 1. The molecule has 1 fully saturated rings. The molecule has 1 rings (SSSR count). The molecule has 0 aromatic rings. The summed E-state index contributed by atoms with van der Waals surface area (Å²) < 4.78 is 5.15. The molecule has 0 unspecified atom stereocenters. The van der Waals surface area contributed by atoms with Gasteiger partial charge in [-0.1, -0.05) is 12.2 Å². The van der Waals surface area contributed by atoms with Gasteiger partial charge >= 0.3 is 5.97 Å². The van der Waals surface area contributed by atoms with Crippen LogP contribution in [0.4, 0.5) is 0 Å². The Bertz CT molecular complexity index is 192. The molecule has 0 spiro atoms. The number of hydrogen-bond acceptors (Lipinski definition) is 4. The molecule has 4 heteroatoms. The highest BCUT2D eigenvalue weighted by molar-refractivity contribution is 8.01. The van der Waals surface area contributed by atoms with Crippen molar-refractivity contribution in [3.63, 3.8) is 0 Å². The van der Waals surface area contributed by atoms with E-state index in [1.807, 2.05) is 0 Å². The number of carbonyl (C=O) groups excluding carboxylic acids is 1. The minimum atomic E-state index is -0.175. The predicted molar refractivity (Wildman–Crippen MR) is 59.3 cm³/mol. The first-order valence-electron chi connectivity index (χ1n) is 4.18. The van der Waals surface area contributed by atoms with Crippen LogP contribution in [0.1, 0.15) is 6.92 Å². The maximum Gasteiger partial charge on any atom is 0.302 e. The first-order valence-corrected chi connectivity index (χ1v) is 6.49.